The van der Waals surface area contributed by atoms with Crippen LogP contribution in [-0.4, -0.2) is 33.3 Å². The molecule has 0 saturated heterocycles. The van der Waals surface area contributed by atoms with Gasteiger partial charge in [0.15, 0.2) is 11.5 Å². The second kappa shape index (κ2) is 7.31. The molecule has 120 valence electrons. The summed E-state index contributed by atoms with van der Waals surface area (Å²) in [7, 11) is 3.97. The smallest absolute Gasteiger partial charge is 0.342 e. The fourth-order valence-corrected chi connectivity index (χ4v) is 2.03. The van der Waals surface area contributed by atoms with Crippen molar-refractivity contribution in [2.45, 2.75) is 0 Å². The number of methoxy groups -OCH3 is 3. The van der Waals surface area contributed by atoms with E-state index in [4.69, 9.17) is 18.9 Å². The molecule has 0 saturated carbocycles. The van der Waals surface area contributed by atoms with Crippen LogP contribution in [0.3, 0.4) is 0 Å². The summed E-state index contributed by atoms with van der Waals surface area (Å²) in [6.07, 6.45) is 0. The van der Waals surface area contributed by atoms with Gasteiger partial charge in [-0.3, -0.25) is 0 Å². The van der Waals surface area contributed by atoms with Crippen molar-refractivity contribution in [3.8, 4) is 17.2 Å². The minimum atomic E-state index is -0.698. The highest BCUT2D eigenvalue weighted by Crippen LogP contribution is 2.34. The zero-order valence-corrected chi connectivity index (χ0v) is 13.0. The van der Waals surface area contributed by atoms with E-state index in [-0.39, 0.29) is 16.9 Å². The fraction of sp³-hybridized carbons (Fsp3) is 0.176. The minimum absolute atomic E-state index is 0.00671. The van der Waals surface area contributed by atoms with Crippen molar-refractivity contribution in [1.82, 2.24) is 0 Å². The zero-order chi connectivity index (χ0) is 16.8. The predicted molar refractivity (Wildman–Crippen MR) is 82.2 cm³/mol. The highest BCUT2D eigenvalue weighted by Gasteiger charge is 2.24. The first kappa shape index (κ1) is 16.4. The maximum absolute atomic E-state index is 12.1. The van der Waals surface area contributed by atoms with E-state index in [1.807, 2.05) is 0 Å². The summed E-state index contributed by atoms with van der Waals surface area (Å²) in [6.45, 7) is 0. The van der Waals surface area contributed by atoms with E-state index >= 15 is 0 Å². The lowest BCUT2D eigenvalue weighted by atomic mass is 10.1. The first-order valence-corrected chi connectivity index (χ1v) is 6.72. The zero-order valence-electron chi connectivity index (χ0n) is 13.0. The number of ether oxygens (including phenoxy) is 4. The molecule has 0 N–H and O–H groups in total. The third kappa shape index (κ3) is 3.42. The van der Waals surface area contributed by atoms with Crippen molar-refractivity contribution in [3.63, 3.8) is 0 Å². The molecule has 0 radical (unpaired) electrons. The van der Waals surface area contributed by atoms with E-state index in [9.17, 15) is 9.59 Å². The Labute approximate surface area is 133 Å². The Morgan fingerprint density at radius 1 is 0.739 bits per heavy atom. The monoisotopic (exact) mass is 316 g/mol. The van der Waals surface area contributed by atoms with Crippen molar-refractivity contribution in [3.05, 3.63) is 53.6 Å². The number of carbonyl (C=O) groups excluding carboxylic acids is 2. The second-order valence-corrected chi connectivity index (χ2v) is 4.41. The van der Waals surface area contributed by atoms with Crippen LogP contribution in [-0.2, 0) is 9.47 Å². The number of para-hydroxylation sites is 2. The second-order valence-electron chi connectivity index (χ2n) is 4.41. The molecule has 0 unspecified atom stereocenters. The molecule has 0 aliphatic heterocycles. The number of rotatable bonds is 5. The van der Waals surface area contributed by atoms with Gasteiger partial charge in [0.1, 0.15) is 11.3 Å². The van der Waals surface area contributed by atoms with Crippen LogP contribution in [0.1, 0.15) is 20.7 Å². The van der Waals surface area contributed by atoms with Gasteiger partial charge >= 0.3 is 11.9 Å². The number of benzene rings is 2. The van der Waals surface area contributed by atoms with Gasteiger partial charge in [0.25, 0.3) is 0 Å². The molecular weight excluding hydrogens is 300 g/mol. The number of carbonyl (C=O) groups is 2. The van der Waals surface area contributed by atoms with Crippen LogP contribution in [0.4, 0.5) is 0 Å². The van der Waals surface area contributed by atoms with Gasteiger partial charge in [0.05, 0.1) is 26.9 Å². The van der Waals surface area contributed by atoms with Gasteiger partial charge in [0, 0.05) is 0 Å². The van der Waals surface area contributed by atoms with E-state index < -0.39 is 11.9 Å². The van der Waals surface area contributed by atoms with Gasteiger partial charge in [-0.25, -0.2) is 9.59 Å². The van der Waals surface area contributed by atoms with Gasteiger partial charge in [-0.15, -0.1) is 0 Å². The highest BCUT2D eigenvalue weighted by molar-refractivity contribution is 6.05. The molecule has 0 atom stereocenters. The molecule has 0 aliphatic rings. The van der Waals surface area contributed by atoms with E-state index in [1.165, 1.54) is 27.4 Å². The first-order valence-electron chi connectivity index (χ1n) is 6.72. The van der Waals surface area contributed by atoms with Crippen molar-refractivity contribution in [2.75, 3.05) is 21.3 Å². The van der Waals surface area contributed by atoms with Crippen LogP contribution in [0.5, 0.6) is 17.2 Å². The highest BCUT2D eigenvalue weighted by atomic mass is 16.5. The molecule has 0 heterocycles. The summed E-state index contributed by atoms with van der Waals surface area (Å²) in [5.74, 6) is -0.287. The molecule has 23 heavy (non-hydrogen) atoms. The Balaban J connectivity index is 2.53. The van der Waals surface area contributed by atoms with E-state index in [2.05, 4.69) is 0 Å². The molecule has 0 bridgehead atoms. The lowest BCUT2D eigenvalue weighted by Crippen LogP contribution is -2.13. The number of hydrogen-bond acceptors (Lipinski definition) is 6. The molecule has 2 aromatic rings. The quantitative estimate of drug-likeness (QED) is 0.790. The van der Waals surface area contributed by atoms with Crippen LogP contribution >= 0.6 is 0 Å². The maximum Gasteiger partial charge on any atom is 0.342 e. The van der Waals surface area contributed by atoms with Crippen LogP contribution in [0, 0.1) is 0 Å². The average molecular weight is 316 g/mol. The molecule has 0 fully saturated rings. The van der Waals surface area contributed by atoms with E-state index in [1.54, 1.807) is 36.4 Å². The minimum Gasteiger partial charge on any atom is -0.493 e. The number of esters is 2. The van der Waals surface area contributed by atoms with Crippen molar-refractivity contribution >= 4 is 11.9 Å². The molecule has 6 heteroatoms. The summed E-state index contributed by atoms with van der Waals surface area (Å²) in [6, 6.07) is 11.6. The topological polar surface area (TPSA) is 71.1 Å². The summed E-state index contributed by atoms with van der Waals surface area (Å²) < 4.78 is 20.4. The van der Waals surface area contributed by atoms with Gasteiger partial charge in [-0.1, -0.05) is 18.2 Å². The molecular formula is C17H16O6. The standard InChI is InChI=1S/C17H16O6/c1-20-12-8-4-5-9-13(12)23-14-10-6-7-11(16(18)21-2)15(14)17(19)22-3/h4-10H,1-3H3. The first-order chi connectivity index (χ1) is 11.1. The van der Waals surface area contributed by atoms with Gasteiger partial charge < -0.3 is 18.9 Å². The largest absolute Gasteiger partial charge is 0.493 e. The Morgan fingerprint density at radius 2 is 1.35 bits per heavy atom. The molecule has 2 rings (SSSR count). The number of hydrogen-bond donors (Lipinski definition) is 0. The summed E-state index contributed by atoms with van der Waals surface area (Å²) in [5.41, 5.74) is 0.0551. The molecule has 0 spiro atoms. The Bertz CT molecular complexity index is 723. The van der Waals surface area contributed by atoms with Crippen LogP contribution < -0.4 is 9.47 Å². The van der Waals surface area contributed by atoms with Crippen LogP contribution in [0.25, 0.3) is 0 Å². The molecule has 2 aromatic carbocycles. The third-order valence-electron chi connectivity index (χ3n) is 3.11. The van der Waals surface area contributed by atoms with Gasteiger partial charge in [0.2, 0.25) is 0 Å². The average Bonchev–Trinajstić information content (AvgIpc) is 2.60. The Kier molecular flexibility index (Phi) is 5.19. The Hall–Kier alpha value is -3.02. The molecule has 0 aromatic heterocycles. The summed E-state index contributed by atoms with van der Waals surface area (Å²) >= 11 is 0. The molecule has 0 amide bonds. The fourth-order valence-electron chi connectivity index (χ4n) is 2.03. The maximum atomic E-state index is 12.1. The van der Waals surface area contributed by atoms with Crippen LogP contribution in [0.2, 0.25) is 0 Å². The van der Waals surface area contributed by atoms with Crippen molar-refractivity contribution < 1.29 is 28.5 Å². The summed E-state index contributed by atoms with van der Waals surface area (Å²) in [5, 5.41) is 0. The van der Waals surface area contributed by atoms with Crippen LogP contribution in [0.15, 0.2) is 42.5 Å². The lowest BCUT2D eigenvalue weighted by Gasteiger charge is -2.14. The normalized spacial score (nSPS) is 9.87. The SMILES string of the molecule is COC(=O)c1cccc(Oc2ccccc2OC)c1C(=O)OC. The predicted octanol–water partition coefficient (Wildman–Crippen LogP) is 3.06. The Morgan fingerprint density at radius 3 is 1.96 bits per heavy atom. The summed E-state index contributed by atoms with van der Waals surface area (Å²) in [4.78, 5) is 24.0. The van der Waals surface area contributed by atoms with Gasteiger partial charge in [-0.05, 0) is 24.3 Å². The molecule has 6 nitrogen and oxygen atoms in total. The lowest BCUT2D eigenvalue weighted by molar-refractivity contribution is 0.0552. The van der Waals surface area contributed by atoms with Crippen molar-refractivity contribution in [2.24, 2.45) is 0 Å². The van der Waals surface area contributed by atoms with E-state index in [0.717, 1.165) is 0 Å². The van der Waals surface area contributed by atoms with E-state index in [0.29, 0.717) is 11.5 Å². The molecule has 0 aliphatic carbocycles. The van der Waals surface area contributed by atoms with Gasteiger partial charge in [-0.2, -0.15) is 0 Å². The third-order valence-corrected chi connectivity index (χ3v) is 3.11. The van der Waals surface area contributed by atoms with Crippen molar-refractivity contribution in [1.29, 1.82) is 0 Å².